The summed E-state index contributed by atoms with van der Waals surface area (Å²) in [5, 5.41) is 0. The fraction of sp³-hybridized carbons (Fsp3) is 0.353. The highest BCUT2D eigenvalue weighted by atomic mass is 32.2. The molecule has 0 fully saturated rings. The van der Waals surface area contributed by atoms with Crippen LogP contribution in [0.15, 0.2) is 48.8 Å². The van der Waals surface area contributed by atoms with E-state index in [4.69, 9.17) is 4.74 Å². The van der Waals surface area contributed by atoms with Crippen molar-refractivity contribution in [2.24, 2.45) is 0 Å². The molecule has 0 aliphatic rings. The predicted octanol–water partition coefficient (Wildman–Crippen LogP) is 2.76. The molecule has 2 atom stereocenters. The smallest absolute Gasteiger partial charge is 0.214 e. The number of benzene rings is 1. The van der Waals surface area contributed by atoms with Crippen molar-refractivity contribution in [1.82, 2.24) is 9.71 Å². The van der Waals surface area contributed by atoms with Gasteiger partial charge in [-0.2, -0.15) is 0 Å². The van der Waals surface area contributed by atoms with E-state index in [2.05, 4.69) is 9.71 Å². The summed E-state index contributed by atoms with van der Waals surface area (Å²) in [7, 11) is -1.88. The molecule has 1 heterocycles. The lowest BCUT2D eigenvalue weighted by Crippen LogP contribution is -2.33. The van der Waals surface area contributed by atoms with Crippen molar-refractivity contribution in [3.63, 3.8) is 0 Å². The second-order valence-corrected chi connectivity index (χ2v) is 7.32. The van der Waals surface area contributed by atoms with E-state index < -0.39 is 10.0 Å². The Morgan fingerprint density at radius 1 is 1.04 bits per heavy atom. The van der Waals surface area contributed by atoms with Crippen molar-refractivity contribution < 1.29 is 13.2 Å². The number of sulfonamides is 1. The average Bonchev–Trinajstić information content (AvgIpc) is 2.54. The van der Waals surface area contributed by atoms with Gasteiger partial charge in [0.1, 0.15) is 0 Å². The first kappa shape index (κ1) is 17.6. The highest BCUT2D eigenvalue weighted by Gasteiger charge is 2.19. The molecule has 0 aliphatic heterocycles. The zero-order chi connectivity index (χ0) is 16.9. The van der Waals surface area contributed by atoms with Crippen LogP contribution >= 0.6 is 0 Å². The van der Waals surface area contributed by atoms with E-state index in [-0.39, 0.29) is 17.9 Å². The number of nitrogens with zero attached hydrogens (tertiary/aromatic N) is 1. The average molecular weight is 334 g/mol. The molecule has 0 saturated heterocycles. The molecule has 2 aromatic rings. The molecule has 2 unspecified atom stereocenters. The van der Waals surface area contributed by atoms with E-state index >= 15 is 0 Å². The Morgan fingerprint density at radius 2 is 1.61 bits per heavy atom. The Kier molecular flexibility index (Phi) is 5.87. The highest BCUT2D eigenvalue weighted by Crippen LogP contribution is 2.21. The van der Waals surface area contributed by atoms with Crippen LogP contribution in [0, 0.1) is 0 Å². The molecule has 0 saturated carbocycles. The van der Waals surface area contributed by atoms with Gasteiger partial charge in [0, 0.05) is 25.5 Å². The molecule has 0 radical (unpaired) electrons. The van der Waals surface area contributed by atoms with Gasteiger partial charge in [-0.15, -0.1) is 0 Å². The Morgan fingerprint density at radius 3 is 2.17 bits per heavy atom. The summed E-state index contributed by atoms with van der Waals surface area (Å²) < 4.78 is 31.8. The monoisotopic (exact) mass is 334 g/mol. The van der Waals surface area contributed by atoms with Gasteiger partial charge in [-0.1, -0.05) is 24.3 Å². The van der Waals surface area contributed by atoms with Crippen LogP contribution in [0.3, 0.4) is 0 Å². The summed E-state index contributed by atoms with van der Waals surface area (Å²) in [5.41, 5.74) is 3.06. The van der Waals surface area contributed by atoms with E-state index in [1.165, 1.54) is 7.11 Å². The summed E-state index contributed by atoms with van der Waals surface area (Å²) >= 11 is 0. The van der Waals surface area contributed by atoms with Gasteiger partial charge in [0.05, 0.1) is 11.9 Å². The molecule has 1 aromatic heterocycles. The summed E-state index contributed by atoms with van der Waals surface area (Å²) in [6, 6.07) is 11.4. The quantitative estimate of drug-likeness (QED) is 0.845. The van der Waals surface area contributed by atoms with E-state index in [0.717, 1.165) is 16.7 Å². The first-order valence-corrected chi connectivity index (χ1v) is 9.09. The number of nitrogens with one attached hydrogen (secondary N) is 1. The number of hydrogen-bond donors (Lipinski definition) is 1. The van der Waals surface area contributed by atoms with Crippen LogP contribution in [-0.4, -0.2) is 32.4 Å². The van der Waals surface area contributed by atoms with Crippen LogP contribution in [-0.2, 0) is 14.8 Å². The number of hydrogen-bond acceptors (Lipinski definition) is 4. The maximum Gasteiger partial charge on any atom is 0.214 e. The molecule has 1 N–H and O–H groups in total. The van der Waals surface area contributed by atoms with Gasteiger partial charge < -0.3 is 4.74 Å². The van der Waals surface area contributed by atoms with Crippen molar-refractivity contribution in [3.05, 3.63) is 54.4 Å². The maximum absolute atomic E-state index is 12.1. The van der Waals surface area contributed by atoms with Gasteiger partial charge in [0.15, 0.2) is 0 Å². The fourth-order valence-electron chi connectivity index (χ4n) is 2.27. The number of ether oxygens (including phenoxy) is 1. The Hall–Kier alpha value is -1.76. The van der Waals surface area contributed by atoms with E-state index in [1.807, 2.05) is 43.3 Å². The summed E-state index contributed by atoms with van der Waals surface area (Å²) in [6.45, 7) is 3.56. The van der Waals surface area contributed by atoms with Crippen molar-refractivity contribution in [2.75, 3.05) is 12.9 Å². The van der Waals surface area contributed by atoms with Gasteiger partial charge in [-0.3, -0.25) is 4.98 Å². The first-order valence-electron chi connectivity index (χ1n) is 7.44. The van der Waals surface area contributed by atoms with E-state index in [1.54, 1.807) is 19.3 Å². The Labute approximate surface area is 137 Å². The first-order chi connectivity index (χ1) is 10.9. The molecular weight excluding hydrogens is 312 g/mol. The Balaban J connectivity index is 2.07. The molecule has 5 nitrogen and oxygen atoms in total. The number of rotatable bonds is 7. The zero-order valence-corrected chi connectivity index (χ0v) is 14.4. The summed E-state index contributed by atoms with van der Waals surface area (Å²) in [5.74, 6) is -0.0526. The molecule has 124 valence electrons. The molecule has 0 aliphatic carbocycles. The molecule has 0 bridgehead atoms. The lowest BCUT2D eigenvalue weighted by atomic mass is 10.0. The number of methoxy groups -OCH3 is 1. The number of pyridine rings is 1. The van der Waals surface area contributed by atoms with Crippen molar-refractivity contribution >= 4 is 10.0 Å². The minimum Gasteiger partial charge on any atom is -0.381 e. The Bertz CT molecular complexity index is 715. The minimum atomic E-state index is -3.39. The second-order valence-electron chi connectivity index (χ2n) is 5.53. The second kappa shape index (κ2) is 7.68. The van der Waals surface area contributed by atoms with E-state index in [9.17, 15) is 8.42 Å². The van der Waals surface area contributed by atoms with Crippen LogP contribution in [0.4, 0.5) is 0 Å². The minimum absolute atomic E-state index is 0.0526. The van der Waals surface area contributed by atoms with Crippen molar-refractivity contribution in [2.45, 2.75) is 26.0 Å². The van der Waals surface area contributed by atoms with Crippen LogP contribution in [0.5, 0.6) is 0 Å². The molecule has 0 spiro atoms. The molecule has 1 aromatic carbocycles. The predicted molar refractivity (Wildman–Crippen MR) is 91.5 cm³/mol. The van der Waals surface area contributed by atoms with Gasteiger partial charge >= 0.3 is 0 Å². The highest BCUT2D eigenvalue weighted by molar-refractivity contribution is 7.89. The molecular formula is C17H22N2O3S. The molecule has 23 heavy (non-hydrogen) atoms. The molecule has 6 heteroatoms. The van der Waals surface area contributed by atoms with Crippen LogP contribution < -0.4 is 4.72 Å². The zero-order valence-electron chi connectivity index (χ0n) is 13.6. The van der Waals surface area contributed by atoms with Gasteiger partial charge in [-0.25, -0.2) is 13.1 Å². The summed E-state index contributed by atoms with van der Waals surface area (Å²) in [4.78, 5) is 4.00. The summed E-state index contributed by atoms with van der Waals surface area (Å²) in [6.07, 6.45) is 3.15. The largest absolute Gasteiger partial charge is 0.381 e. The van der Waals surface area contributed by atoms with Gasteiger partial charge in [0.2, 0.25) is 10.0 Å². The van der Waals surface area contributed by atoms with Crippen LogP contribution in [0.1, 0.15) is 25.5 Å². The molecule has 0 amide bonds. The third-order valence-electron chi connectivity index (χ3n) is 3.64. The SMILES string of the molecule is COC(C)CS(=O)(=O)NC(C)c1ccc(-c2ccncc2)cc1. The van der Waals surface area contributed by atoms with Crippen LogP contribution in [0.2, 0.25) is 0 Å². The van der Waals surface area contributed by atoms with Gasteiger partial charge in [-0.05, 0) is 42.7 Å². The third-order valence-corrected chi connectivity index (χ3v) is 5.26. The van der Waals surface area contributed by atoms with Crippen molar-refractivity contribution in [3.8, 4) is 11.1 Å². The van der Waals surface area contributed by atoms with Gasteiger partial charge in [0.25, 0.3) is 0 Å². The van der Waals surface area contributed by atoms with Crippen LogP contribution in [0.25, 0.3) is 11.1 Å². The third kappa shape index (κ3) is 5.13. The number of aromatic nitrogens is 1. The fourth-order valence-corrected chi connectivity index (χ4v) is 3.80. The lowest BCUT2D eigenvalue weighted by molar-refractivity contribution is 0.136. The van der Waals surface area contributed by atoms with E-state index in [0.29, 0.717) is 0 Å². The standard InChI is InChI=1S/C17H22N2O3S/c1-13(22-3)12-23(20,21)19-14(2)15-4-6-16(7-5-15)17-8-10-18-11-9-17/h4-11,13-14,19H,12H2,1-3H3. The maximum atomic E-state index is 12.1. The van der Waals surface area contributed by atoms with Crippen molar-refractivity contribution in [1.29, 1.82) is 0 Å². The topological polar surface area (TPSA) is 68.3 Å². The normalized spacial score (nSPS) is 14.4. The molecule has 2 rings (SSSR count). The lowest BCUT2D eigenvalue weighted by Gasteiger charge is -2.17.